The van der Waals surface area contributed by atoms with Crippen LogP contribution in [0.1, 0.15) is 0 Å². The summed E-state index contributed by atoms with van der Waals surface area (Å²) in [6.45, 7) is 7.77. The zero-order chi connectivity index (χ0) is 11.1. The Bertz CT molecular complexity index is 345. The van der Waals surface area contributed by atoms with Crippen molar-refractivity contribution in [1.82, 2.24) is 0 Å². The molecule has 15 heavy (non-hydrogen) atoms. The molecule has 0 aromatic heterocycles. The van der Waals surface area contributed by atoms with Crippen LogP contribution in [0.3, 0.4) is 0 Å². The second-order valence-corrected chi connectivity index (χ2v) is 2.80. The lowest BCUT2D eigenvalue weighted by Gasteiger charge is -2.11. The van der Waals surface area contributed by atoms with Crippen LogP contribution in [0.25, 0.3) is 0 Å². The molecule has 0 saturated heterocycles. The fourth-order valence-electron chi connectivity index (χ4n) is 1.05. The van der Waals surface area contributed by atoms with Gasteiger partial charge in [-0.3, -0.25) is 0 Å². The minimum absolute atomic E-state index is 0.0541. The van der Waals surface area contributed by atoms with Crippen LogP contribution < -0.4 is 9.47 Å². The molecule has 0 aliphatic carbocycles. The standard InChI is InChI=1S/C12H14O3/c1-3-8-14-11-7-5-6-10(13)12(11)15-9-4-2/h3-7,13H,1-2,8-9H2. The third-order valence-electron chi connectivity index (χ3n) is 1.66. The average molecular weight is 206 g/mol. The van der Waals surface area contributed by atoms with E-state index in [-0.39, 0.29) is 5.75 Å². The summed E-state index contributed by atoms with van der Waals surface area (Å²) in [6, 6.07) is 4.95. The average Bonchev–Trinajstić information content (AvgIpc) is 2.25. The highest BCUT2D eigenvalue weighted by molar-refractivity contribution is 5.50. The summed E-state index contributed by atoms with van der Waals surface area (Å²) in [6.07, 6.45) is 3.23. The largest absolute Gasteiger partial charge is 0.504 e. The molecule has 0 saturated carbocycles. The number of aromatic hydroxyl groups is 1. The van der Waals surface area contributed by atoms with Crippen molar-refractivity contribution in [2.75, 3.05) is 13.2 Å². The van der Waals surface area contributed by atoms with Crippen molar-refractivity contribution in [3.05, 3.63) is 43.5 Å². The highest BCUT2D eigenvalue weighted by Gasteiger charge is 2.09. The van der Waals surface area contributed by atoms with E-state index in [0.717, 1.165) is 0 Å². The highest BCUT2D eigenvalue weighted by Crippen LogP contribution is 2.36. The summed E-state index contributed by atoms with van der Waals surface area (Å²) in [5.41, 5.74) is 0. The van der Waals surface area contributed by atoms with E-state index in [1.54, 1.807) is 30.4 Å². The predicted octanol–water partition coefficient (Wildman–Crippen LogP) is 2.52. The van der Waals surface area contributed by atoms with Crippen molar-refractivity contribution in [3.8, 4) is 17.2 Å². The van der Waals surface area contributed by atoms with Crippen LogP contribution in [0.4, 0.5) is 0 Å². The smallest absolute Gasteiger partial charge is 0.203 e. The maximum absolute atomic E-state index is 9.55. The van der Waals surface area contributed by atoms with Gasteiger partial charge < -0.3 is 14.6 Å². The number of rotatable bonds is 6. The van der Waals surface area contributed by atoms with Crippen molar-refractivity contribution in [2.45, 2.75) is 0 Å². The Labute approximate surface area is 89.3 Å². The van der Waals surface area contributed by atoms with Crippen LogP contribution in [-0.2, 0) is 0 Å². The summed E-state index contributed by atoms with van der Waals surface area (Å²) in [4.78, 5) is 0. The molecule has 0 unspecified atom stereocenters. The number of para-hydroxylation sites is 1. The van der Waals surface area contributed by atoms with E-state index in [1.165, 1.54) is 0 Å². The number of phenols is 1. The Kier molecular flexibility index (Phi) is 4.29. The molecule has 1 aromatic rings. The molecule has 0 heterocycles. The Morgan fingerprint density at radius 2 is 1.80 bits per heavy atom. The zero-order valence-corrected chi connectivity index (χ0v) is 8.48. The first-order valence-corrected chi connectivity index (χ1v) is 4.59. The summed E-state index contributed by atoms with van der Waals surface area (Å²) < 4.78 is 10.6. The van der Waals surface area contributed by atoms with Crippen LogP contribution in [0, 0.1) is 0 Å². The summed E-state index contributed by atoms with van der Waals surface area (Å²) in [5, 5.41) is 9.55. The van der Waals surface area contributed by atoms with Gasteiger partial charge in [0.2, 0.25) is 5.75 Å². The van der Waals surface area contributed by atoms with E-state index in [2.05, 4.69) is 13.2 Å². The normalized spacial score (nSPS) is 9.33. The van der Waals surface area contributed by atoms with Crippen LogP contribution >= 0.6 is 0 Å². The monoisotopic (exact) mass is 206 g/mol. The number of phenolic OH excluding ortho intramolecular Hbond substituents is 1. The molecule has 3 heteroatoms. The van der Waals surface area contributed by atoms with Crippen molar-refractivity contribution in [2.24, 2.45) is 0 Å². The lowest BCUT2D eigenvalue weighted by Crippen LogP contribution is -1.99. The Morgan fingerprint density at radius 1 is 1.13 bits per heavy atom. The Morgan fingerprint density at radius 3 is 2.47 bits per heavy atom. The van der Waals surface area contributed by atoms with Gasteiger partial charge in [-0.25, -0.2) is 0 Å². The second kappa shape index (κ2) is 5.75. The van der Waals surface area contributed by atoms with Gasteiger partial charge in [-0.05, 0) is 12.1 Å². The van der Waals surface area contributed by atoms with Gasteiger partial charge in [-0.15, -0.1) is 0 Å². The predicted molar refractivity (Wildman–Crippen MR) is 59.5 cm³/mol. The molecule has 0 spiro atoms. The van der Waals surface area contributed by atoms with Gasteiger partial charge in [-0.1, -0.05) is 31.4 Å². The molecule has 1 rings (SSSR count). The maximum atomic E-state index is 9.55. The molecule has 0 amide bonds. The molecule has 0 aliphatic heterocycles. The molecule has 0 fully saturated rings. The molecular weight excluding hydrogens is 192 g/mol. The SMILES string of the molecule is C=CCOc1cccc(O)c1OCC=C. The molecule has 80 valence electrons. The zero-order valence-electron chi connectivity index (χ0n) is 8.48. The number of hydrogen-bond donors (Lipinski definition) is 1. The van der Waals surface area contributed by atoms with Gasteiger partial charge in [0, 0.05) is 0 Å². The molecule has 0 atom stereocenters. The fraction of sp³-hybridized carbons (Fsp3) is 0.167. The molecule has 1 aromatic carbocycles. The van der Waals surface area contributed by atoms with Gasteiger partial charge in [0.05, 0.1) is 0 Å². The van der Waals surface area contributed by atoms with Crippen LogP contribution in [0.2, 0.25) is 0 Å². The first-order chi connectivity index (χ1) is 7.29. The van der Waals surface area contributed by atoms with Crippen molar-refractivity contribution < 1.29 is 14.6 Å². The van der Waals surface area contributed by atoms with Crippen LogP contribution in [0.5, 0.6) is 17.2 Å². The van der Waals surface area contributed by atoms with E-state index < -0.39 is 0 Å². The van der Waals surface area contributed by atoms with E-state index in [1.807, 2.05) is 0 Å². The number of benzene rings is 1. The third kappa shape index (κ3) is 3.06. The minimum atomic E-state index is 0.0541. The van der Waals surface area contributed by atoms with Crippen LogP contribution in [-0.4, -0.2) is 18.3 Å². The van der Waals surface area contributed by atoms with E-state index in [9.17, 15) is 5.11 Å². The van der Waals surface area contributed by atoms with Gasteiger partial charge >= 0.3 is 0 Å². The van der Waals surface area contributed by atoms with Gasteiger partial charge in [-0.2, -0.15) is 0 Å². The minimum Gasteiger partial charge on any atom is -0.504 e. The summed E-state index contributed by atoms with van der Waals surface area (Å²) >= 11 is 0. The van der Waals surface area contributed by atoms with Gasteiger partial charge in [0.15, 0.2) is 11.5 Å². The molecule has 0 radical (unpaired) electrons. The van der Waals surface area contributed by atoms with Crippen LogP contribution in [0.15, 0.2) is 43.5 Å². The Balaban J connectivity index is 2.86. The molecule has 1 N–H and O–H groups in total. The lowest BCUT2D eigenvalue weighted by atomic mass is 10.3. The van der Waals surface area contributed by atoms with Gasteiger partial charge in [0.25, 0.3) is 0 Å². The molecule has 3 nitrogen and oxygen atoms in total. The quantitative estimate of drug-likeness (QED) is 0.727. The van der Waals surface area contributed by atoms with Crippen molar-refractivity contribution in [3.63, 3.8) is 0 Å². The van der Waals surface area contributed by atoms with E-state index >= 15 is 0 Å². The number of ether oxygens (including phenoxy) is 2. The van der Waals surface area contributed by atoms with Crippen molar-refractivity contribution >= 4 is 0 Å². The summed E-state index contributed by atoms with van der Waals surface area (Å²) in [5.74, 6) is 0.884. The Hall–Kier alpha value is -1.90. The van der Waals surface area contributed by atoms with Crippen molar-refractivity contribution in [1.29, 1.82) is 0 Å². The first kappa shape index (κ1) is 11.2. The molecule has 0 bridgehead atoms. The topological polar surface area (TPSA) is 38.7 Å². The van der Waals surface area contributed by atoms with E-state index in [4.69, 9.17) is 9.47 Å². The third-order valence-corrected chi connectivity index (χ3v) is 1.66. The lowest BCUT2D eigenvalue weighted by molar-refractivity contribution is 0.293. The summed E-state index contributed by atoms with van der Waals surface area (Å²) in [7, 11) is 0. The second-order valence-electron chi connectivity index (χ2n) is 2.80. The number of hydrogen-bond acceptors (Lipinski definition) is 3. The maximum Gasteiger partial charge on any atom is 0.203 e. The highest BCUT2D eigenvalue weighted by atomic mass is 16.5. The van der Waals surface area contributed by atoms with E-state index in [0.29, 0.717) is 24.7 Å². The molecule has 0 aliphatic rings. The molecular formula is C12H14O3. The first-order valence-electron chi connectivity index (χ1n) is 4.59. The van der Waals surface area contributed by atoms with Gasteiger partial charge in [0.1, 0.15) is 13.2 Å². The fourth-order valence-corrected chi connectivity index (χ4v) is 1.05.